The van der Waals surface area contributed by atoms with Gasteiger partial charge in [-0.15, -0.1) is 0 Å². The van der Waals surface area contributed by atoms with E-state index < -0.39 is 11.9 Å². The highest BCUT2D eigenvalue weighted by molar-refractivity contribution is 5.84. The van der Waals surface area contributed by atoms with Crippen molar-refractivity contribution in [2.45, 2.75) is 18.9 Å². The summed E-state index contributed by atoms with van der Waals surface area (Å²) in [6, 6.07) is 5.20. The first kappa shape index (κ1) is 18.4. The molecule has 1 amide bonds. The average molecular weight is 389 g/mol. The van der Waals surface area contributed by atoms with Crippen molar-refractivity contribution in [3.05, 3.63) is 42.5 Å². The molecule has 0 aromatic carbocycles. The summed E-state index contributed by atoms with van der Waals surface area (Å²) >= 11 is 0. The van der Waals surface area contributed by atoms with Gasteiger partial charge in [-0.1, -0.05) is 0 Å². The van der Waals surface area contributed by atoms with Gasteiger partial charge in [0, 0.05) is 37.7 Å². The summed E-state index contributed by atoms with van der Waals surface area (Å²) in [5, 5.41) is 16.8. The predicted molar refractivity (Wildman–Crippen MR) is 106 cm³/mol. The standard InChI is InChI=1S/C19H19N9O/c1-27-11-14(10-24-27)25-19-22-5-4-15(26-19)13-7-12(8-20)18(23-9-13)28-6-2-3-16(28)17(21)29/h4-5,7,9-11,16H,2-3,6H2,1H3,(H2,21,29)(H,22,25,26). The molecule has 1 fully saturated rings. The number of amides is 1. The van der Waals surface area contributed by atoms with Gasteiger partial charge in [0.1, 0.15) is 17.9 Å². The molecule has 1 saturated heterocycles. The van der Waals surface area contributed by atoms with Gasteiger partial charge in [-0.2, -0.15) is 10.4 Å². The molecule has 3 aromatic rings. The number of carbonyl (C=O) groups is 1. The first-order chi connectivity index (χ1) is 14.0. The van der Waals surface area contributed by atoms with Crippen LogP contribution in [0.4, 0.5) is 17.5 Å². The number of nitrogens with one attached hydrogen (secondary N) is 1. The predicted octanol–water partition coefficient (Wildman–Crippen LogP) is 1.34. The first-order valence-corrected chi connectivity index (χ1v) is 9.10. The quantitative estimate of drug-likeness (QED) is 0.666. The van der Waals surface area contributed by atoms with Crippen LogP contribution < -0.4 is 16.0 Å². The van der Waals surface area contributed by atoms with E-state index in [4.69, 9.17) is 5.73 Å². The molecule has 1 aliphatic heterocycles. The molecule has 4 heterocycles. The summed E-state index contributed by atoms with van der Waals surface area (Å²) in [4.78, 5) is 26.7. The fourth-order valence-corrected chi connectivity index (χ4v) is 3.42. The lowest BCUT2D eigenvalue weighted by molar-refractivity contribution is -0.119. The lowest BCUT2D eigenvalue weighted by atomic mass is 10.1. The summed E-state index contributed by atoms with van der Waals surface area (Å²) in [5.74, 6) is 0.478. The van der Waals surface area contributed by atoms with Crippen LogP contribution in [0.2, 0.25) is 0 Å². The highest BCUT2D eigenvalue weighted by atomic mass is 16.1. The summed E-state index contributed by atoms with van der Waals surface area (Å²) < 4.78 is 1.67. The number of hydrogen-bond donors (Lipinski definition) is 2. The molecule has 29 heavy (non-hydrogen) atoms. The molecule has 1 atom stereocenters. The van der Waals surface area contributed by atoms with Crippen LogP contribution in [0.5, 0.6) is 0 Å². The van der Waals surface area contributed by atoms with Crippen molar-refractivity contribution >= 4 is 23.4 Å². The zero-order chi connectivity index (χ0) is 20.4. The van der Waals surface area contributed by atoms with Gasteiger partial charge in [0.25, 0.3) is 0 Å². The zero-order valence-corrected chi connectivity index (χ0v) is 15.8. The number of nitrogens with zero attached hydrogens (tertiary/aromatic N) is 7. The second-order valence-corrected chi connectivity index (χ2v) is 6.75. The Bertz CT molecular complexity index is 1100. The van der Waals surface area contributed by atoms with Gasteiger partial charge in [0.05, 0.1) is 23.1 Å². The van der Waals surface area contributed by atoms with Crippen molar-refractivity contribution in [3.8, 4) is 17.3 Å². The Morgan fingerprint density at radius 1 is 1.38 bits per heavy atom. The number of aryl methyl sites for hydroxylation is 1. The van der Waals surface area contributed by atoms with E-state index in [-0.39, 0.29) is 0 Å². The van der Waals surface area contributed by atoms with E-state index >= 15 is 0 Å². The third kappa shape index (κ3) is 3.70. The Kier molecular flexibility index (Phi) is 4.78. The Morgan fingerprint density at radius 2 is 2.24 bits per heavy atom. The third-order valence-electron chi connectivity index (χ3n) is 4.75. The Balaban J connectivity index is 1.63. The lowest BCUT2D eigenvalue weighted by Gasteiger charge is -2.24. The van der Waals surface area contributed by atoms with Crippen molar-refractivity contribution in [2.75, 3.05) is 16.8 Å². The molecule has 3 N–H and O–H groups in total. The van der Waals surface area contributed by atoms with Gasteiger partial charge < -0.3 is 16.0 Å². The van der Waals surface area contributed by atoms with E-state index in [0.29, 0.717) is 41.6 Å². The first-order valence-electron chi connectivity index (χ1n) is 9.10. The second kappa shape index (κ2) is 7.55. The Labute approximate surface area is 167 Å². The average Bonchev–Trinajstić information content (AvgIpc) is 3.37. The number of hydrogen-bond acceptors (Lipinski definition) is 8. The van der Waals surface area contributed by atoms with Gasteiger partial charge in [0.15, 0.2) is 0 Å². The second-order valence-electron chi connectivity index (χ2n) is 6.75. The van der Waals surface area contributed by atoms with E-state index in [1.54, 1.807) is 40.3 Å². The smallest absolute Gasteiger partial charge is 0.240 e. The normalized spacial score (nSPS) is 15.9. The monoisotopic (exact) mass is 389 g/mol. The SMILES string of the molecule is Cn1cc(Nc2nccc(-c3cnc(N4CCCC4C(N)=O)c(C#N)c3)n2)cn1. The third-order valence-corrected chi connectivity index (χ3v) is 4.75. The van der Waals surface area contributed by atoms with Crippen LogP contribution in [-0.2, 0) is 11.8 Å². The molecule has 1 aliphatic rings. The van der Waals surface area contributed by atoms with Crippen LogP contribution in [0.25, 0.3) is 11.3 Å². The Morgan fingerprint density at radius 3 is 2.97 bits per heavy atom. The van der Waals surface area contributed by atoms with E-state index in [1.165, 1.54) is 0 Å². The minimum atomic E-state index is -0.435. The molecule has 0 aliphatic carbocycles. The fraction of sp³-hybridized carbons (Fsp3) is 0.263. The highest BCUT2D eigenvalue weighted by Crippen LogP contribution is 2.29. The van der Waals surface area contributed by atoms with Gasteiger partial charge >= 0.3 is 0 Å². The largest absolute Gasteiger partial charge is 0.368 e. The van der Waals surface area contributed by atoms with Crippen molar-refractivity contribution in [1.82, 2.24) is 24.7 Å². The molecular formula is C19H19N9O. The number of pyridine rings is 1. The zero-order valence-electron chi connectivity index (χ0n) is 15.8. The maximum Gasteiger partial charge on any atom is 0.240 e. The maximum atomic E-state index is 11.7. The minimum absolute atomic E-state index is 0.371. The van der Waals surface area contributed by atoms with Crippen LogP contribution in [0.1, 0.15) is 18.4 Å². The summed E-state index contributed by atoms with van der Waals surface area (Å²) in [5.41, 5.74) is 7.93. The number of nitrogens with two attached hydrogens (primary N) is 1. The van der Waals surface area contributed by atoms with E-state index in [9.17, 15) is 10.1 Å². The van der Waals surface area contributed by atoms with Crippen LogP contribution in [0.15, 0.2) is 36.9 Å². The lowest BCUT2D eigenvalue weighted by Crippen LogP contribution is -2.41. The van der Waals surface area contributed by atoms with E-state index in [1.807, 2.05) is 13.2 Å². The maximum absolute atomic E-state index is 11.7. The molecule has 0 bridgehead atoms. The summed E-state index contributed by atoms with van der Waals surface area (Å²) in [7, 11) is 1.82. The fourth-order valence-electron chi connectivity index (χ4n) is 3.42. The molecule has 10 heteroatoms. The van der Waals surface area contributed by atoms with Crippen molar-refractivity contribution < 1.29 is 4.79 Å². The van der Waals surface area contributed by atoms with Crippen LogP contribution in [-0.4, -0.2) is 43.2 Å². The van der Waals surface area contributed by atoms with E-state index in [2.05, 4.69) is 31.4 Å². The highest BCUT2D eigenvalue weighted by Gasteiger charge is 2.31. The van der Waals surface area contributed by atoms with Crippen LogP contribution in [0, 0.1) is 11.3 Å². The molecule has 0 spiro atoms. The van der Waals surface area contributed by atoms with Gasteiger partial charge in [-0.05, 0) is 25.0 Å². The van der Waals surface area contributed by atoms with Crippen molar-refractivity contribution in [3.63, 3.8) is 0 Å². The summed E-state index contributed by atoms with van der Waals surface area (Å²) in [6.45, 7) is 0.640. The van der Waals surface area contributed by atoms with Crippen molar-refractivity contribution in [2.24, 2.45) is 12.8 Å². The molecule has 3 aromatic heterocycles. The van der Waals surface area contributed by atoms with Gasteiger partial charge in [-0.3, -0.25) is 9.48 Å². The molecule has 146 valence electrons. The number of nitriles is 1. The topological polar surface area (TPSA) is 139 Å². The van der Waals surface area contributed by atoms with Crippen LogP contribution in [0.3, 0.4) is 0 Å². The van der Waals surface area contributed by atoms with E-state index in [0.717, 1.165) is 12.1 Å². The van der Waals surface area contributed by atoms with Gasteiger partial charge in [0.2, 0.25) is 11.9 Å². The Hall–Kier alpha value is -4.00. The number of anilines is 3. The number of rotatable bonds is 5. The molecule has 10 nitrogen and oxygen atoms in total. The number of carbonyl (C=O) groups excluding carboxylic acids is 1. The molecule has 4 rings (SSSR count). The number of aromatic nitrogens is 5. The van der Waals surface area contributed by atoms with Crippen LogP contribution >= 0.6 is 0 Å². The molecule has 1 unspecified atom stereocenters. The minimum Gasteiger partial charge on any atom is -0.368 e. The van der Waals surface area contributed by atoms with Gasteiger partial charge in [-0.25, -0.2) is 15.0 Å². The molecule has 0 radical (unpaired) electrons. The molecule has 0 saturated carbocycles. The summed E-state index contributed by atoms with van der Waals surface area (Å²) in [6.07, 6.45) is 8.25. The number of primary amides is 1. The van der Waals surface area contributed by atoms with Crippen molar-refractivity contribution in [1.29, 1.82) is 5.26 Å². The molecular weight excluding hydrogens is 370 g/mol.